The Morgan fingerprint density at radius 3 is 2.63 bits per heavy atom. The van der Waals surface area contributed by atoms with Gasteiger partial charge in [-0.2, -0.15) is 0 Å². The molecule has 2 aliphatic rings. The lowest BCUT2D eigenvalue weighted by Gasteiger charge is -2.32. The molecule has 2 N–H and O–H groups in total. The van der Waals surface area contributed by atoms with Crippen LogP contribution in [0, 0.1) is 11.6 Å². The van der Waals surface area contributed by atoms with E-state index in [9.17, 15) is 8.78 Å². The Morgan fingerprint density at radius 1 is 1.03 bits per heavy atom. The van der Waals surface area contributed by atoms with Crippen LogP contribution in [0.3, 0.4) is 0 Å². The third-order valence-electron chi connectivity index (χ3n) is 6.36. The number of hydrogen-bond donors (Lipinski definition) is 2. The molecular weight excluding hydrogens is 446 g/mol. The van der Waals surface area contributed by atoms with Crippen LogP contribution in [0.4, 0.5) is 14.6 Å². The van der Waals surface area contributed by atoms with E-state index in [2.05, 4.69) is 33.7 Å². The number of piperidine rings is 1. The van der Waals surface area contributed by atoms with E-state index in [0.29, 0.717) is 29.7 Å². The van der Waals surface area contributed by atoms with Gasteiger partial charge in [-0.1, -0.05) is 18.2 Å². The quantitative estimate of drug-likeness (QED) is 0.549. The van der Waals surface area contributed by atoms with Crippen molar-refractivity contribution in [1.29, 1.82) is 0 Å². The number of aromatic nitrogens is 2. The lowest BCUT2D eigenvalue weighted by Crippen LogP contribution is -2.41. The first-order chi connectivity index (χ1) is 17.0. The van der Waals surface area contributed by atoms with Crippen molar-refractivity contribution >= 4 is 11.5 Å². The Labute approximate surface area is 204 Å². The average Bonchev–Trinajstić information content (AvgIpc) is 2.89. The standard InChI is InChI=1S/C27H28F2N6/c1-34(24-7-10-30-11-8-24)26-9-12-31-27(32-26)20-5-2-4-19(14-20)18-35-13-3-6-25(33-35)21-15-22(28)17-23(29)16-21/h2-6,9,12-17,24,30,33H,7-8,10-11,18H2,1H3. The summed E-state index contributed by atoms with van der Waals surface area (Å²) in [5, 5.41) is 5.28. The van der Waals surface area contributed by atoms with Crippen molar-refractivity contribution in [3.05, 3.63) is 95.8 Å². The van der Waals surface area contributed by atoms with Gasteiger partial charge in [0.15, 0.2) is 5.82 Å². The molecule has 3 heterocycles. The molecule has 6 nitrogen and oxygen atoms in total. The number of hydrazine groups is 1. The number of rotatable bonds is 6. The zero-order valence-electron chi connectivity index (χ0n) is 19.6. The molecule has 35 heavy (non-hydrogen) atoms. The van der Waals surface area contributed by atoms with Crippen molar-refractivity contribution in [3.8, 4) is 11.4 Å². The molecule has 0 spiro atoms. The zero-order chi connectivity index (χ0) is 24.2. The van der Waals surface area contributed by atoms with E-state index in [1.807, 2.05) is 47.7 Å². The SMILES string of the molecule is CN(c1ccnc(-c2cccc(CN3C=CC=C(c4cc(F)cc(F)c4)N3)c2)n1)C1CCNCC1. The molecule has 0 atom stereocenters. The number of nitrogens with zero attached hydrogens (tertiary/aromatic N) is 4. The van der Waals surface area contributed by atoms with E-state index in [4.69, 9.17) is 4.98 Å². The van der Waals surface area contributed by atoms with E-state index >= 15 is 0 Å². The molecule has 0 bridgehead atoms. The average molecular weight is 475 g/mol. The number of halogens is 2. The van der Waals surface area contributed by atoms with Gasteiger partial charge in [0.1, 0.15) is 17.5 Å². The van der Waals surface area contributed by atoms with E-state index < -0.39 is 11.6 Å². The number of benzene rings is 2. The predicted octanol–water partition coefficient (Wildman–Crippen LogP) is 4.49. The molecular formula is C27H28F2N6. The Hall–Kier alpha value is -3.78. The first-order valence-corrected chi connectivity index (χ1v) is 11.8. The van der Waals surface area contributed by atoms with Crippen LogP contribution in [0.25, 0.3) is 17.1 Å². The third-order valence-corrected chi connectivity index (χ3v) is 6.36. The van der Waals surface area contributed by atoms with E-state index in [0.717, 1.165) is 48.9 Å². The molecule has 2 aromatic carbocycles. The van der Waals surface area contributed by atoms with Crippen molar-refractivity contribution < 1.29 is 8.78 Å². The highest BCUT2D eigenvalue weighted by atomic mass is 19.1. The number of anilines is 1. The topological polar surface area (TPSA) is 56.3 Å². The fraction of sp³-hybridized carbons (Fsp3) is 0.259. The lowest BCUT2D eigenvalue weighted by molar-refractivity contribution is 0.313. The second-order valence-electron chi connectivity index (χ2n) is 8.85. The number of hydrogen-bond acceptors (Lipinski definition) is 6. The summed E-state index contributed by atoms with van der Waals surface area (Å²) in [4.78, 5) is 11.6. The maximum atomic E-state index is 13.7. The summed E-state index contributed by atoms with van der Waals surface area (Å²) in [6.45, 7) is 2.60. The molecule has 1 saturated heterocycles. The fourth-order valence-corrected chi connectivity index (χ4v) is 4.51. The normalized spacial score (nSPS) is 16.1. The van der Waals surface area contributed by atoms with Gasteiger partial charge in [-0.3, -0.25) is 10.4 Å². The predicted molar refractivity (Wildman–Crippen MR) is 134 cm³/mol. The highest BCUT2D eigenvalue weighted by molar-refractivity contribution is 5.66. The molecule has 5 rings (SSSR count). The Balaban J connectivity index is 1.30. The molecule has 1 aromatic heterocycles. The highest BCUT2D eigenvalue weighted by Crippen LogP contribution is 2.24. The molecule has 0 aliphatic carbocycles. The zero-order valence-corrected chi connectivity index (χ0v) is 19.6. The second-order valence-corrected chi connectivity index (χ2v) is 8.85. The summed E-state index contributed by atoms with van der Waals surface area (Å²) in [5.41, 5.74) is 6.29. The molecule has 0 saturated carbocycles. The first-order valence-electron chi connectivity index (χ1n) is 11.8. The van der Waals surface area contributed by atoms with Gasteiger partial charge in [0, 0.05) is 42.7 Å². The molecule has 0 radical (unpaired) electrons. The summed E-state index contributed by atoms with van der Waals surface area (Å²) in [5.74, 6) is 0.391. The summed E-state index contributed by atoms with van der Waals surface area (Å²) >= 11 is 0. The van der Waals surface area contributed by atoms with Crippen LogP contribution in [-0.4, -0.2) is 41.2 Å². The van der Waals surface area contributed by atoms with Crippen molar-refractivity contribution in [1.82, 2.24) is 25.7 Å². The summed E-state index contributed by atoms with van der Waals surface area (Å²) < 4.78 is 27.3. The van der Waals surface area contributed by atoms with Crippen LogP contribution in [-0.2, 0) is 6.54 Å². The second kappa shape index (κ2) is 10.2. The largest absolute Gasteiger partial charge is 0.356 e. The first kappa shape index (κ1) is 23.0. The molecule has 8 heteroatoms. The molecule has 0 amide bonds. The van der Waals surface area contributed by atoms with Gasteiger partial charge >= 0.3 is 0 Å². The van der Waals surface area contributed by atoms with Crippen LogP contribution in [0.15, 0.2) is 73.1 Å². The Morgan fingerprint density at radius 2 is 1.83 bits per heavy atom. The number of allylic oxidation sites excluding steroid dienone is 2. The minimum atomic E-state index is -0.607. The molecule has 0 unspecified atom stereocenters. The van der Waals surface area contributed by atoms with Crippen LogP contribution >= 0.6 is 0 Å². The van der Waals surface area contributed by atoms with Crippen molar-refractivity contribution in [2.75, 3.05) is 25.0 Å². The van der Waals surface area contributed by atoms with E-state index in [1.54, 1.807) is 6.08 Å². The van der Waals surface area contributed by atoms with E-state index in [1.165, 1.54) is 12.1 Å². The van der Waals surface area contributed by atoms with Gasteiger partial charge in [0.2, 0.25) is 0 Å². The smallest absolute Gasteiger partial charge is 0.161 e. The third kappa shape index (κ3) is 5.49. The van der Waals surface area contributed by atoms with Crippen LogP contribution in [0.2, 0.25) is 0 Å². The summed E-state index contributed by atoms with van der Waals surface area (Å²) in [7, 11) is 2.10. The summed E-state index contributed by atoms with van der Waals surface area (Å²) in [6.07, 6.45) is 9.53. The van der Waals surface area contributed by atoms with Gasteiger partial charge in [0.05, 0.1) is 12.2 Å². The van der Waals surface area contributed by atoms with Gasteiger partial charge in [-0.15, -0.1) is 0 Å². The molecule has 1 fully saturated rings. The van der Waals surface area contributed by atoms with Gasteiger partial charge in [0.25, 0.3) is 0 Å². The summed E-state index contributed by atoms with van der Waals surface area (Å²) in [6, 6.07) is 14.0. The Kier molecular flexibility index (Phi) is 6.72. The van der Waals surface area contributed by atoms with Crippen molar-refractivity contribution in [3.63, 3.8) is 0 Å². The fourth-order valence-electron chi connectivity index (χ4n) is 4.51. The van der Waals surface area contributed by atoms with Crippen LogP contribution in [0.1, 0.15) is 24.0 Å². The van der Waals surface area contributed by atoms with E-state index in [-0.39, 0.29) is 0 Å². The molecule has 2 aliphatic heterocycles. The monoisotopic (exact) mass is 474 g/mol. The van der Waals surface area contributed by atoms with Gasteiger partial charge in [-0.05, 0) is 67.9 Å². The Bertz CT molecular complexity index is 1230. The van der Waals surface area contributed by atoms with Gasteiger partial charge < -0.3 is 10.2 Å². The van der Waals surface area contributed by atoms with Crippen molar-refractivity contribution in [2.45, 2.75) is 25.4 Å². The molecule has 3 aromatic rings. The highest BCUT2D eigenvalue weighted by Gasteiger charge is 2.19. The minimum absolute atomic E-state index is 0.452. The van der Waals surface area contributed by atoms with Crippen molar-refractivity contribution in [2.24, 2.45) is 0 Å². The van der Waals surface area contributed by atoms with Crippen LogP contribution in [0.5, 0.6) is 0 Å². The number of nitrogens with one attached hydrogen (secondary N) is 2. The van der Waals surface area contributed by atoms with Crippen LogP contribution < -0.4 is 15.6 Å². The lowest BCUT2D eigenvalue weighted by atomic mass is 10.1. The minimum Gasteiger partial charge on any atom is -0.356 e. The maximum Gasteiger partial charge on any atom is 0.161 e. The maximum absolute atomic E-state index is 13.7. The molecule has 180 valence electrons. The van der Waals surface area contributed by atoms with Gasteiger partial charge in [-0.25, -0.2) is 18.7 Å².